The van der Waals surface area contributed by atoms with Crippen molar-refractivity contribution in [3.8, 4) is 0 Å². The number of rotatable bonds is 4. The highest BCUT2D eigenvalue weighted by molar-refractivity contribution is 8.16. The van der Waals surface area contributed by atoms with Gasteiger partial charge in [0.15, 0.2) is 0 Å². The Hall–Kier alpha value is -1.32. The third kappa shape index (κ3) is 3.82. The average Bonchev–Trinajstić information content (AvgIpc) is 2.41. The van der Waals surface area contributed by atoms with Crippen LogP contribution in [0.1, 0.15) is 11.1 Å². The molecule has 0 bridgehead atoms. The maximum absolute atomic E-state index is 12.3. The fraction of sp³-hybridized carbons (Fsp3) is 0.125. The predicted octanol–water partition coefficient (Wildman–Crippen LogP) is 4.67. The van der Waals surface area contributed by atoms with E-state index in [1.807, 2.05) is 62.4 Å². The van der Waals surface area contributed by atoms with Crippen molar-refractivity contribution in [3.05, 3.63) is 70.5 Å². The SMILES string of the molecule is C=C(Sc1ccc(C)cc1)S(=O)c1ccc(C)cc1. The summed E-state index contributed by atoms with van der Waals surface area (Å²) in [5, 5.41) is 0. The standard InChI is InChI=1S/C16H16OS2/c1-12-4-8-15(9-5-12)18-14(3)19(17)16-10-6-13(2)7-11-16/h4-11H,3H2,1-2H3. The Balaban J connectivity index is 2.09. The van der Waals surface area contributed by atoms with Gasteiger partial charge in [0.2, 0.25) is 0 Å². The van der Waals surface area contributed by atoms with Crippen LogP contribution in [0.3, 0.4) is 0 Å². The summed E-state index contributed by atoms with van der Waals surface area (Å²) >= 11 is 1.46. The lowest BCUT2D eigenvalue weighted by Crippen LogP contribution is -1.92. The second kappa shape index (κ2) is 6.22. The van der Waals surface area contributed by atoms with Gasteiger partial charge in [-0.15, -0.1) is 0 Å². The summed E-state index contributed by atoms with van der Waals surface area (Å²) in [6.07, 6.45) is 0. The lowest BCUT2D eigenvalue weighted by Gasteiger charge is -2.06. The van der Waals surface area contributed by atoms with Crippen molar-refractivity contribution in [3.63, 3.8) is 0 Å². The normalized spacial score (nSPS) is 12.1. The zero-order valence-corrected chi connectivity index (χ0v) is 12.7. The van der Waals surface area contributed by atoms with Gasteiger partial charge >= 0.3 is 0 Å². The van der Waals surface area contributed by atoms with Crippen LogP contribution in [0.5, 0.6) is 0 Å². The van der Waals surface area contributed by atoms with Crippen LogP contribution in [0.4, 0.5) is 0 Å². The summed E-state index contributed by atoms with van der Waals surface area (Å²) in [5.41, 5.74) is 2.38. The van der Waals surface area contributed by atoms with E-state index >= 15 is 0 Å². The van der Waals surface area contributed by atoms with Crippen molar-refractivity contribution in [2.75, 3.05) is 0 Å². The summed E-state index contributed by atoms with van der Waals surface area (Å²) in [7, 11) is -1.17. The molecular formula is C16H16OS2. The summed E-state index contributed by atoms with van der Waals surface area (Å²) in [5.74, 6) is 0. The van der Waals surface area contributed by atoms with E-state index in [1.165, 1.54) is 17.3 Å². The second-order valence-corrected chi connectivity index (χ2v) is 7.30. The largest absolute Gasteiger partial charge is 0.249 e. The molecule has 0 fully saturated rings. The van der Waals surface area contributed by atoms with Crippen molar-refractivity contribution >= 4 is 22.6 Å². The average molecular weight is 288 g/mol. The highest BCUT2D eigenvalue weighted by atomic mass is 32.2. The number of hydrogen-bond donors (Lipinski definition) is 0. The first-order chi connectivity index (χ1) is 9.06. The molecule has 0 radical (unpaired) electrons. The van der Waals surface area contributed by atoms with Crippen LogP contribution in [0.15, 0.2) is 69.1 Å². The van der Waals surface area contributed by atoms with Gasteiger partial charge in [0.1, 0.15) is 0 Å². The zero-order valence-electron chi connectivity index (χ0n) is 11.1. The Morgan fingerprint density at radius 1 is 0.947 bits per heavy atom. The van der Waals surface area contributed by atoms with E-state index in [0.717, 1.165) is 15.4 Å². The predicted molar refractivity (Wildman–Crippen MR) is 83.8 cm³/mol. The van der Waals surface area contributed by atoms with E-state index in [4.69, 9.17) is 0 Å². The molecule has 0 amide bonds. The van der Waals surface area contributed by atoms with Crippen molar-refractivity contribution < 1.29 is 4.21 Å². The van der Waals surface area contributed by atoms with Gasteiger partial charge in [-0.1, -0.05) is 53.7 Å². The number of benzene rings is 2. The van der Waals surface area contributed by atoms with Crippen LogP contribution < -0.4 is 0 Å². The van der Waals surface area contributed by atoms with Gasteiger partial charge in [-0.2, -0.15) is 0 Å². The molecular weight excluding hydrogens is 272 g/mol. The van der Waals surface area contributed by atoms with Crippen molar-refractivity contribution in [2.45, 2.75) is 23.6 Å². The zero-order chi connectivity index (χ0) is 13.8. The van der Waals surface area contributed by atoms with E-state index in [1.54, 1.807) is 0 Å². The maximum Gasteiger partial charge on any atom is 0.0911 e. The first-order valence-electron chi connectivity index (χ1n) is 5.98. The van der Waals surface area contributed by atoms with Crippen molar-refractivity contribution in [1.82, 2.24) is 0 Å². The monoisotopic (exact) mass is 288 g/mol. The molecule has 0 aliphatic rings. The van der Waals surface area contributed by atoms with Crippen molar-refractivity contribution in [1.29, 1.82) is 0 Å². The fourth-order valence-electron chi connectivity index (χ4n) is 1.57. The lowest BCUT2D eigenvalue weighted by molar-refractivity contribution is 0.688. The van der Waals surface area contributed by atoms with E-state index in [9.17, 15) is 4.21 Å². The van der Waals surface area contributed by atoms with Crippen LogP contribution in [-0.2, 0) is 10.8 Å². The molecule has 2 aromatic rings. The van der Waals surface area contributed by atoms with Gasteiger partial charge < -0.3 is 0 Å². The van der Waals surface area contributed by atoms with Crippen LogP contribution in [0.25, 0.3) is 0 Å². The molecule has 19 heavy (non-hydrogen) atoms. The van der Waals surface area contributed by atoms with Crippen molar-refractivity contribution in [2.24, 2.45) is 0 Å². The molecule has 1 unspecified atom stereocenters. The second-order valence-electron chi connectivity index (χ2n) is 4.37. The minimum atomic E-state index is -1.17. The Bertz CT molecular complexity index is 598. The van der Waals surface area contributed by atoms with Crippen LogP contribution >= 0.6 is 11.8 Å². The molecule has 0 spiro atoms. The number of hydrogen-bond acceptors (Lipinski definition) is 2. The molecule has 0 aromatic heterocycles. The molecule has 0 aliphatic heterocycles. The Morgan fingerprint density at radius 2 is 1.42 bits per heavy atom. The third-order valence-electron chi connectivity index (χ3n) is 2.69. The first-order valence-corrected chi connectivity index (χ1v) is 7.95. The summed E-state index contributed by atoms with van der Waals surface area (Å²) < 4.78 is 13.0. The van der Waals surface area contributed by atoms with E-state index in [2.05, 4.69) is 6.58 Å². The highest BCUT2D eigenvalue weighted by Crippen LogP contribution is 2.30. The fourth-order valence-corrected chi connectivity index (χ4v) is 3.63. The molecule has 0 aliphatic carbocycles. The summed E-state index contributed by atoms with van der Waals surface area (Å²) in [6.45, 7) is 8.00. The molecule has 0 saturated heterocycles. The smallest absolute Gasteiger partial charge is 0.0911 e. The van der Waals surface area contributed by atoms with Gasteiger partial charge in [-0.05, 0) is 38.1 Å². The molecule has 0 heterocycles. The summed E-state index contributed by atoms with van der Waals surface area (Å²) in [4.78, 5) is 1.87. The van der Waals surface area contributed by atoms with E-state index < -0.39 is 10.8 Å². The van der Waals surface area contributed by atoms with Crippen LogP contribution in [0.2, 0.25) is 0 Å². The molecule has 2 rings (SSSR count). The van der Waals surface area contributed by atoms with Gasteiger partial charge in [0.05, 0.1) is 15.0 Å². The number of aryl methyl sites for hydroxylation is 2. The van der Waals surface area contributed by atoms with Gasteiger partial charge in [0.25, 0.3) is 0 Å². The van der Waals surface area contributed by atoms with Gasteiger partial charge in [-0.25, -0.2) is 4.21 Å². The molecule has 0 saturated carbocycles. The Labute approximate surface area is 121 Å². The van der Waals surface area contributed by atoms with Gasteiger partial charge in [0, 0.05) is 9.79 Å². The van der Waals surface area contributed by atoms with E-state index in [-0.39, 0.29) is 0 Å². The van der Waals surface area contributed by atoms with Crippen LogP contribution in [0, 0.1) is 13.8 Å². The molecule has 1 atom stereocenters. The number of thioether (sulfide) groups is 1. The molecule has 2 aromatic carbocycles. The summed E-state index contributed by atoms with van der Waals surface area (Å²) in [6, 6.07) is 15.9. The lowest BCUT2D eigenvalue weighted by atomic mass is 10.2. The van der Waals surface area contributed by atoms with Crippen LogP contribution in [-0.4, -0.2) is 4.21 Å². The molecule has 98 valence electrons. The highest BCUT2D eigenvalue weighted by Gasteiger charge is 2.09. The molecule has 1 nitrogen and oxygen atoms in total. The topological polar surface area (TPSA) is 17.1 Å². The Morgan fingerprint density at radius 3 is 1.95 bits per heavy atom. The van der Waals surface area contributed by atoms with Gasteiger partial charge in [-0.3, -0.25) is 0 Å². The maximum atomic E-state index is 12.3. The molecule has 0 N–H and O–H groups in total. The third-order valence-corrected chi connectivity index (χ3v) is 5.25. The minimum Gasteiger partial charge on any atom is -0.249 e. The first kappa shape index (κ1) is 14.1. The Kier molecular flexibility index (Phi) is 4.61. The molecule has 3 heteroatoms. The minimum absolute atomic E-state index is 0.660. The quantitative estimate of drug-likeness (QED) is 0.760. The van der Waals surface area contributed by atoms with E-state index in [0.29, 0.717) is 4.24 Å².